The van der Waals surface area contributed by atoms with Gasteiger partial charge in [-0.05, 0) is 41.6 Å². The minimum atomic E-state index is -0.108. The first-order valence-electron chi connectivity index (χ1n) is 10.5. The molecule has 0 saturated carbocycles. The summed E-state index contributed by atoms with van der Waals surface area (Å²) in [5.41, 5.74) is 3.36. The third kappa shape index (κ3) is 7.05. The topological polar surface area (TPSA) is 61.4 Å². The lowest BCUT2D eigenvalue weighted by atomic mass is 10.0. The highest BCUT2D eigenvalue weighted by molar-refractivity contribution is 7.09. The number of carbonyl (C=O) groups excluding carboxylic acids is 2. The van der Waals surface area contributed by atoms with E-state index in [-0.39, 0.29) is 30.9 Å². The van der Waals surface area contributed by atoms with E-state index in [0.29, 0.717) is 13.1 Å². The molecular weight excluding hydrogens is 406 g/mol. The Bertz CT molecular complexity index is 956. The molecular formula is C25H29N3O2S. The molecule has 3 aromatic rings. The summed E-state index contributed by atoms with van der Waals surface area (Å²) in [6, 6.07) is 22.3. The molecule has 1 unspecified atom stereocenters. The molecule has 5 nitrogen and oxygen atoms in total. The van der Waals surface area contributed by atoms with E-state index in [1.54, 1.807) is 11.3 Å². The van der Waals surface area contributed by atoms with Crippen molar-refractivity contribution in [3.63, 3.8) is 0 Å². The van der Waals surface area contributed by atoms with Gasteiger partial charge in [-0.25, -0.2) is 0 Å². The zero-order valence-corrected chi connectivity index (χ0v) is 18.8. The van der Waals surface area contributed by atoms with Gasteiger partial charge in [-0.1, -0.05) is 67.6 Å². The zero-order chi connectivity index (χ0) is 22.1. The molecule has 2 aromatic carbocycles. The molecule has 0 aliphatic rings. The van der Waals surface area contributed by atoms with Crippen molar-refractivity contribution >= 4 is 23.2 Å². The third-order valence-electron chi connectivity index (χ3n) is 5.12. The third-order valence-corrected chi connectivity index (χ3v) is 5.99. The average molecular weight is 436 g/mol. The van der Waals surface area contributed by atoms with Crippen molar-refractivity contribution in [1.82, 2.24) is 15.5 Å². The molecule has 0 fully saturated rings. The highest BCUT2D eigenvalue weighted by Crippen LogP contribution is 2.21. The monoisotopic (exact) mass is 435 g/mol. The van der Waals surface area contributed by atoms with Crippen LogP contribution in [0.3, 0.4) is 0 Å². The van der Waals surface area contributed by atoms with Crippen LogP contribution in [0.25, 0.3) is 11.1 Å². The minimum Gasteiger partial charge on any atom is -0.350 e. The van der Waals surface area contributed by atoms with Crippen molar-refractivity contribution in [3.8, 4) is 11.1 Å². The smallest absolute Gasteiger partial charge is 0.234 e. The predicted molar refractivity (Wildman–Crippen MR) is 127 cm³/mol. The maximum Gasteiger partial charge on any atom is 0.234 e. The highest BCUT2D eigenvalue weighted by Gasteiger charge is 2.15. The van der Waals surface area contributed by atoms with Crippen LogP contribution in [0.5, 0.6) is 0 Å². The van der Waals surface area contributed by atoms with E-state index in [1.807, 2.05) is 66.6 Å². The number of nitrogens with one attached hydrogen (secondary N) is 2. The first kappa shape index (κ1) is 22.7. The number of benzene rings is 2. The molecule has 0 aliphatic heterocycles. The highest BCUT2D eigenvalue weighted by atomic mass is 32.1. The summed E-state index contributed by atoms with van der Waals surface area (Å²) in [5, 5.41) is 7.93. The molecule has 1 atom stereocenters. The molecule has 6 heteroatoms. The number of likely N-dealkylation sites (N-methyl/N-ethyl adjacent to an activating group) is 1. The van der Waals surface area contributed by atoms with Crippen molar-refractivity contribution < 1.29 is 9.59 Å². The van der Waals surface area contributed by atoms with Crippen LogP contribution in [-0.2, 0) is 16.1 Å². The normalized spacial score (nSPS) is 11.8. The van der Waals surface area contributed by atoms with Crippen LogP contribution in [0.4, 0.5) is 0 Å². The Morgan fingerprint density at radius 3 is 2.23 bits per heavy atom. The van der Waals surface area contributed by atoms with Gasteiger partial charge in [-0.15, -0.1) is 11.3 Å². The summed E-state index contributed by atoms with van der Waals surface area (Å²) in [7, 11) is 0. The lowest BCUT2D eigenvalue weighted by Crippen LogP contribution is -2.43. The number of amides is 2. The number of nitrogens with zero attached hydrogens (tertiary/aromatic N) is 1. The molecule has 162 valence electrons. The van der Waals surface area contributed by atoms with Crippen molar-refractivity contribution in [2.45, 2.75) is 26.4 Å². The van der Waals surface area contributed by atoms with Crippen LogP contribution in [0.1, 0.15) is 30.3 Å². The van der Waals surface area contributed by atoms with E-state index < -0.39 is 0 Å². The van der Waals surface area contributed by atoms with Gasteiger partial charge in [0.25, 0.3) is 0 Å². The molecule has 2 amide bonds. The molecule has 1 heterocycles. The van der Waals surface area contributed by atoms with Crippen molar-refractivity contribution in [3.05, 3.63) is 82.6 Å². The summed E-state index contributed by atoms with van der Waals surface area (Å²) in [6.07, 6.45) is 0. The first-order chi connectivity index (χ1) is 15.0. The molecule has 0 spiro atoms. The maximum absolute atomic E-state index is 12.5. The molecule has 2 N–H and O–H groups in total. The van der Waals surface area contributed by atoms with Gasteiger partial charge in [0, 0.05) is 4.88 Å². The lowest BCUT2D eigenvalue weighted by molar-refractivity contribution is -0.125. The van der Waals surface area contributed by atoms with Crippen molar-refractivity contribution in [2.75, 3.05) is 19.6 Å². The molecule has 31 heavy (non-hydrogen) atoms. The van der Waals surface area contributed by atoms with Crippen molar-refractivity contribution in [1.29, 1.82) is 0 Å². The molecule has 0 radical (unpaired) electrons. The number of rotatable bonds is 10. The Hall–Kier alpha value is -2.96. The zero-order valence-electron chi connectivity index (χ0n) is 18.0. The van der Waals surface area contributed by atoms with Crippen LogP contribution >= 0.6 is 11.3 Å². The Kier molecular flexibility index (Phi) is 8.38. The minimum absolute atomic E-state index is 0.0763. The average Bonchev–Trinajstić information content (AvgIpc) is 3.31. The van der Waals surface area contributed by atoms with Crippen LogP contribution in [0.2, 0.25) is 0 Å². The Labute approximate surface area is 188 Å². The summed E-state index contributed by atoms with van der Waals surface area (Å²) < 4.78 is 0. The van der Waals surface area contributed by atoms with Gasteiger partial charge in [-0.2, -0.15) is 0 Å². The van der Waals surface area contributed by atoms with Gasteiger partial charge < -0.3 is 10.6 Å². The first-order valence-corrected chi connectivity index (χ1v) is 11.4. The van der Waals surface area contributed by atoms with Crippen LogP contribution < -0.4 is 10.6 Å². The van der Waals surface area contributed by atoms with Gasteiger partial charge in [-0.3, -0.25) is 14.5 Å². The molecule has 0 saturated heterocycles. The van der Waals surface area contributed by atoms with E-state index in [0.717, 1.165) is 16.0 Å². The van der Waals surface area contributed by atoms with Crippen LogP contribution in [0.15, 0.2) is 72.1 Å². The summed E-state index contributed by atoms with van der Waals surface area (Å²) in [5.74, 6) is -0.167. The van der Waals surface area contributed by atoms with E-state index >= 15 is 0 Å². The molecule has 3 rings (SSSR count). The lowest BCUT2D eigenvalue weighted by Gasteiger charge is -2.21. The van der Waals surface area contributed by atoms with E-state index in [9.17, 15) is 9.59 Å². The molecule has 0 aliphatic carbocycles. The van der Waals surface area contributed by atoms with Crippen LogP contribution in [0, 0.1) is 0 Å². The van der Waals surface area contributed by atoms with Gasteiger partial charge in [0.1, 0.15) is 0 Å². The molecule has 1 aromatic heterocycles. The number of hydrogen-bond donors (Lipinski definition) is 2. The standard InChI is InChI=1S/C25H29N3O2S/c1-3-28(17-24(29)26-16-23-10-7-15-31-23)18-25(30)27-19(2)20-11-13-22(14-12-20)21-8-5-4-6-9-21/h4-15,19H,3,16-18H2,1-2H3,(H,26,29)(H,27,30). The second-order valence-corrected chi connectivity index (χ2v) is 8.47. The van der Waals surface area contributed by atoms with Gasteiger partial charge in [0.05, 0.1) is 25.7 Å². The fourth-order valence-corrected chi connectivity index (χ4v) is 3.95. The maximum atomic E-state index is 12.5. The van der Waals surface area contributed by atoms with E-state index in [2.05, 4.69) is 34.9 Å². The van der Waals surface area contributed by atoms with Gasteiger partial charge in [0.2, 0.25) is 11.8 Å². The number of hydrogen-bond acceptors (Lipinski definition) is 4. The summed E-state index contributed by atoms with van der Waals surface area (Å²) in [4.78, 5) is 27.7. The Balaban J connectivity index is 1.47. The predicted octanol–water partition coefficient (Wildman–Crippen LogP) is 4.23. The van der Waals surface area contributed by atoms with Gasteiger partial charge >= 0.3 is 0 Å². The summed E-state index contributed by atoms with van der Waals surface area (Å²) >= 11 is 1.61. The van der Waals surface area contributed by atoms with E-state index in [1.165, 1.54) is 5.56 Å². The largest absolute Gasteiger partial charge is 0.350 e. The second-order valence-electron chi connectivity index (χ2n) is 7.44. The SMILES string of the molecule is CCN(CC(=O)NCc1cccs1)CC(=O)NC(C)c1ccc(-c2ccccc2)cc1. The fraction of sp³-hybridized carbons (Fsp3) is 0.280. The van der Waals surface area contributed by atoms with E-state index in [4.69, 9.17) is 0 Å². The van der Waals surface area contributed by atoms with Crippen molar-refractivity contribution in [2.24, 2.45) is 0 Å². The second kappa shape index (κ2) is 11.4. The fourth-order valence-electron chi connectivity index (χ4n) is 3.31. The summed E-state index contributed by atoms with van der Waals surface area (Å²) in [6.45, 7) is 5.46. The quantitative estimate of drug-likeness (QED) is 0.501. The number of carbonyl (C=O) groups is 2. The number of thiophene rings is 1. The van der Waals surface area contributed by atoms with Gasteiger partial charge in [0.15, 0.2) is 0 Å². The van der Waals surface area contributed by atoms with Crippen LogP contribution in [-0.4, -0.2) is 36.3 Å². The Morgan fingerprint density at radius 2 is 1.58 bits per heavy atom. The molecule has 0 bridgehead atoms. The Morgan fingerprint density at radius 1 is 0.903 bits per heavy atom.